The number of aromatic nitrogens is 2. The predicted molar refractivity (Wildman–Crippen MR) is 76.5 cm³/mol. The number of hydrogen-bond acceptors (Lipinski definition) is 5. The van der Waals surface area contributed by atoms with Crippen molar-refractivity contribution in [1.82, 2.24) is 9.97 Å². The van der Waals surface area contributed by atoms with Crippen LogP contribution in [0.4, 0.5) is 26.3 Å². The molecule has 1 aromatic heterocycles. The summed E-state index contributed by atoms with van der Waals surface area (Å²) < 4.78 is 104. The molecule has 148 valence electrons. The van der Waals surface area contributed by atoms with Crippen LogP contribution in [-0.2, 0) is 21.5 Å². The van der Waals surface area contributed by atoms with Crippen molar-refractivity contribution in [3.63, 3.8) is 0 Å². The van der Waals surface area contributed by atoms with E-state index in [4.69, 9.17) is 0 Å². The SMILES string of the molecule is O=c1[nH]c([O-])nc(C(F)(F)C(F)(F)C(F)F)c1S(=O)(=O)Cc1ccccc1. The van der Waals surface area contributed by atoms with Gasteiger partial charge in [0.1, 0.15) is 5.69 Å². The number of nitrogens with one attached hydrogen (secondary N) is 1. The smallest absolute Gasteiger partial charge is 0.375 e. The highest BCUT2D eigenvalue weighted by molar-refractivity contribution is 7.90. The molecule has 6 nitrogen and oxygen atoms in total. The summed E-state index contributed by atoms with van der Waals surface area (Å²) in [6, 6.07) is 4.79. The molecule has 1 aromatic carbocycles. The third kappa shape index (κ3) is 3.77. The maximum Gasteiger partial charge on any atom is 0.375 e. The van der Waals surface area contributed by atoms with Crippen LogP contribution >= 0.6 is 0 Å². The minimum Gasteiger partial charge on any atom is -0.846 e. The molecule has 0 aliphatic heterocycles. The lowest BCUT2D eigenvalue weighted by Crippen LogP contribution is -2.46. The molecule has 0 saturated carbocycles. The van der Waals surface area contributed by atoms with E-state index in [0.29, 0.717) is 0 Å². The van der Waals surface area contributed by atoms with Crippen molar-refractivity contribution in [2.75, 3.05) is 0 Å². The van der Waals surface area contributed by atoms with Crippen molar-refractivity contribution in [2.45, 2.75) is 28.9 Å². The van der Waals surface area contributed by atoms with Crippen LogP contribution in [0, 0.1) is 0 Å². The van der Waals surface area contributed by atoms with Gasteiger partial charge in [0.05, 0.1) is 11.8 Å². The van der Waals surface area contributed by atoms with Crippen molar-refractivity contribution >= 4 is 9.84 Å². The molecular weight excluding hydrogens is 406 g/mol. The number of nitrogens with zero attached hydrogens (tertiary/aromatic N) is 1. The third-order valence-electron chi connectivity index (χ3n) is 3.36. The summed E-state index contributed by atoms with van der Waals surface area (Å²) in [5.74, 6) is -13.1. The molecule has 0 fully saturated rings. The van der Waals surface area contributed by atoms with E-state index in [1.54, 1.807) is 0 Å². The van der Waals surface area contributed by atoms with Gasteiger partial charge in [-0.2, -0.15) is 17.6 Å². The fraction of sp³-hybridized carbons (Fsp3) is 0.286. The Balaban J connectivity index is 2.73. The highest BCUT2D eigenvalue weighted by atomic mass is 32.2. The van der Waals surface area contributed by atoms with E-state index >= 15 is 0 Å². The van der Waals surface area contributed by atoms with E-state index in [1.165, 1.54) is 35.3 Å². The van der Waals surface area contributed by atoms with Crippen molar-refractivity contribution < 1.29 is 39.9 Å². The van der Waals surface area contributed by atoms with Crippen LogP contribution in [-0.4, -0.2) is 30.7 Å². The number of benzene rings is 1. The zero-order valence-corrected chi connectivity index (χ0v) is 13.7. The van der Waals surface area contributed by atoms with Crippen LogP contribution < -0.4 is 10.7 Å². The number of hydrogen-bond donors (Lipinski definition) is 1. The van der Waals surface area contributed by atoms with E-state index in [0.717, 1.165) is 0 Å². The first kappa shape index (κ1) is 20.7. The number of sulfone groups is 1. The van der Waals surface area contributed by atoms with Crippen LogP contribution in [0.2, 0.25) is 0 Å². The molecule has 0 amide bonds. The van der Waals surface area contributed by atoms with Gasteiger partial charge in [-0.3, -0.25) is 4.79 Å². The van der Waals surface area contributed by atoms with Gasteiger partial charge in [0.2, 0.25) is 0 Å². The summed E-state index contributed by atoms with van der Waals surface area (Å²) >= 11 is 0. The zero-order chi connectivity index (χ0) is 20.6. The molecule has 0 radical (unpaired) electrons. The predicted octanol–water partition coefficient (Wildman–Crippen LogP) is 1.81. The Bertz CT molecular complexity index is 992. The molecule has 0 atom stereocenters. The molecule has 2 rings (SSSR count). The maximum atomic E-state index is 14.0. The van der Waals surface area contributed by atoms with Gasteiger partial charge in [0, 0.05) is 0 Å². The average molecular weight is 415 g/mol. The Morgan fingerprint density at radius 1 is 1.11 bits per heavy atom. The molecule has 0 saturated heterocycles. The molecule has 0 aliphatic rings. The van der Waals surface area contributed by atoms with E-state index in [1.807, 2.05) is 0 Å². The van der Waals surface area contributed by atoms with Crippen LogP contribution in [0.5, 0.6) is 6.01 Å². The Labute approximate surface area is 147 Å². The van der Waals surface area contributed by atoms with Crippen molar-refractivity contribution in [1.29, 1.82) is 0 Å². The number of aromatic amines is 1. The molecule has 27 heavy (non-hydrogen) atoms. The quantitative estimate of drug-likeness (QED) is 0.725. The normalized spacial score (nSPS) is 13.1. The number of alkyl halides is 6. The zero-order valence-electron chi connectivity index (χ0n) is 12.9. The fourth-order valence-corrected chi connectivity index (χ4v) is 3.68. The second kappa shape index (κ2) is 6.87. The lowest BCUT2D eigenvalue weighted by atomic mass is 10.1. The van der Waals surface area contributed by atoms with Crippen LogP contribution in [0.15, 0.2) is 40.0 Å². The first-order chi connectivity index (χ1) is 12.3. The van der Waals surface area contributed by atoms with Crippen LogP contribution in [0.1, 0.15) is 11.3 Å². The summed E-state index contributed by atoms with van der Waals surface area (Å²) in [5.41, 5.74) is -4.51. The van der Waals surface area contributed by atoms with Gasteiger partial charge in [-0.25, -0.2) is 22.2 Å². The molecule has 0 bridgehead atoms. The minimum atomic E-state index is -6.09. The van der Waals surface area contributed by atoms with E-state index in [9.17, 15) is 44.7 Å². The van der Waals surface area contributed by atoms with E-state index < -0.39 is 56.0 Å². The number of H-pyrrole nitrogens is 1. The third-order valence-corrected chi connectivity index (χ3v) is 5.07. The monoisotopic (exact) mass is 415 g/mol. The van der Waals surface area contributed by atoms with Crippen LogP contribution in [0.25, 0.3) is 0 Å². The topological polar surface area (TPSA) is 103 Å². The average Bonchev–Trinajstić information content (AvgIpc) is 2.53. The van der Waals surface area contributed by atoms with Gasteiger partial charge < -0.3 is 10.1 Å². The largest absolute Gasteiger partial charge is 0.846 e. The van der Waals surface area contributed by atoms with Crippen LogP contribution in [0.3, 0.4) is 0 Å². The van der Waals surface area contributed by atoms with Gasteiger partial charge in [0.15, 0.2) is 14.7 Å². The fourth-order valence-electron chi connectivity index (χ4n) is 2.10. The van der Waals surface area contributed by atoms with Crippen molar-refractivity contribution in [3.05, 3.63) is 51.9 Å². The van der Waals surface area contributed by atoms with E-state index in [2.05, 4.69) is 4.98 Å². The highest BCUT2D eigenvalue weighted by Crippen LogP contribution is 2.47. The van der Waals surface area contributed by atoms with Crippen molar-refractivity contribution in [2.24, 2.45) is 0 Å². The highest BCUT2D eigenvalue weighted by Gasteiger charge is 2.66. The standard InChI is InChI=1S/C14H10F6N2O4S/c15-11(16)14(19,20)13(17,18)9-8(10(23)22-12(24)21-9)27(25,26)6-7-4-2-1-3-5-7/h1-5,11H,6H2,(H2,21,22,23,24)/p-1. The van der Waals surface area contributed by atoms with Gasteiger partial charge in [-0.1, -0.05) is 30.3 Å². The summed E-state index contributed by atoms with van der Waals surface area (Å²) in [4.78, 5) is 13.5. The number of halogens is 6. The first-order valence-corrected chi connectivity index (χ1v) is 8.58. The van der Waals surface area contributed by atoms with Crippen molar-refractivity contribution in [3.8, 4) is 6.01 Å². The molecule has 13 heteroatoms. The maximum absolute atomic E-state index is 14.0. The minimum absolute atomic E-state index is 0.0158. The summed E-state index contributed by atoms with van der Waals surface area (Å²) in [5, 5.41) is 11.2. The second-order valence-electron chi connectivity index (χ2n) is 5.29. The van der Waals surface area contributed by atoms with Gasteiger partial charge in [-0.05, 0) is 5.56 Å². The first-order valence-electron chi connectivity index (χ1n) is 6.93. The molecule has 0 aliphatic carbocycles. The molecule has 0 unspecified atom stereocenters. The molecular formula is C14H9F6N2O4S-. The molecule has 1 heterocycles. The lowest BCUT2D eigenvalue weighted by molar-refractivity contribution is -0.288. The Hall–Kier alpha value is -2.57. The van der Waals surface area contributed by atoms with Gasteiger partial charge in [0.25, 0.3) is 5.56 Å². The summed E-state index contributed by atoms with van der Waals surface area (Å²) in [7, 11) is -5.06. The Morgan fingerprint density at radius 2 is 1.67 bits per heavy atom. The molecule has 0 spiro atoms. The summed E-state index contributed by atoms with van der Waals surface area (Å²) in [6.07, 6.45) is -4.92. The lowest BCUT2D eigenvalue weighted by Gasteiger charge is -2.27. The summed E-state index contributed by atoms with van der Waals surface area (Å²) in [6.45, 7) is 0. The Morgan fingerprint density at radius 3 is 2.19 bits per heavy atom. The molecule has 1 N–H and O–H groups in total. The van der Waals surface area contributed by atoms with Gasteiger partial charge >= 0.3 is 18.3 Å². The number of rotatable bonds is 6. The Kier molecular flexibility index (Phi) is 5.27. The van der Waals surface area contributed by atoms with Gasteiger partial charge in [-0.15, -0.1) is 0 Å². The molecule has 2 aromatic rings. The van der Waals surface area contributed by atoms with E-state index in [-0.39, 0.29) is 5.56 Å². The second-order valence-corrected chi connectivity index (χ2v) is 7.22.